The molecule has 0 atom stereocenters. The molecule has 0 N–H and O–H groups in total. The van der Waals surface area contributed by atoms with Gasteiger partial charge in [-0.1, -0.05) is 47.3 Å². The molecule has 154 valence electrons. The highest BCUT2D eigenvalue weighted by atomic mass is 32.2. The minimum Gasteiger partial charge on any atom is -0.493 e. The van der Waals surface area contributed by atoms with Gasteiger partial charge in [0.05, 0.1) is 18.7 Å². The summed E-state index contributed by atoms with van der Waals surface area (Å²) in [6.45, 7) is 2.16. The van der Waals surface area contributed by atoms with Crippen LogP contribution in [0.5, 0.6) is 11.5 Å². The summed E-state index contributed by atoms with van der Waals surface area (Å²) >= 11 is 1.52. The molecule has 0 fully saturated rings. The molecule has 0 aliphatic carbocycles. The molecule has 0 bridgehead atoms. The minimum absolute atomic E-state index is 0.407. The van der Waals surface area contributed by atoms with Gasteiger partial charge in [-0.2, -0.15) is 10.2 Å². The Kier molecular flexibility index (Phi) is 6.20. The van der Waals surface area contributed by atoms with Gasteiger partial charge in [-0.05, 0) is 42.0 Å². The van der Waals surface area contributed by atoms with Crippen LogP contribution < -0.4 is 9.47 Å². The Morgan fingerprint density at radius 3 is 2.45 bits per heavy atom. The lowest BCUT2D eigenvalue weighted by Crippen LogP contribution is -1.99. The van der Waals surface area contributed by atoms with E-state index in [1.807, 2.05) is 54.6 Å². The van der Waals surface area contributed by atoms with Crippen molar-refractivity contribution in [3.05, 3.63) is 83.7 Å². The minimum atomic E-state index is 0.407. The molecule has 0 unspecified atom stereocenters. The van der Waals surface area contributed by atoms with Gasteiger partial charge in [-0.25, -0.2) is 0 Å². The summed E-state index contributed by atoms with van der Waals surface area (Å²) in [5.74, 6) is 2.15. The zero-order valence-corrected chi connectivity index (χ0v) is 17.8. The van der Waals surface area contributed by atoms with E-state index in [9.17, 15) is 0 Å². The Labute approximate surface area is 184 Å². The van der Waals surface area contributed by atoms with Gasteiger partial charge in [0, 0.05) is 22.3 Å². The molecule has 0 amide bonds. The first kappa shape index (κ1) is 20.5. The lowest BCUT2D eigenvalue weighted by atomic mass is 10.2. The number of hydrogen-bond donors (Lipinski definition) is 0. The first-order valence-electron chi connectivity index (χ1n) is 9.53. The second kappa shape index (κ2) is 9.37. The molecule has 0 saturated heterocycles. The van der Waals surface area contributed by atoms with Gasteiger partial charge in [0.25, 0.3) is 0 Å². The van der Waals surface area contributed by atoms with Crippen LogP contribution in [0.3, 0.4) is 0 Å². The molecule has 31 heavy (non-hydrogen) atoms. The predicted molar refractivity (Wildman–Crippen MR) is 117 cm³/mol. The number of rotatable bonds is 7. The molecule has 1 aromatic heterocycles. The van der Waals surface area contributed by atoms with Crippen molar-refractivity contribution in [3.8, 4) is 29.0 Å². The lowest BCUT2D eigenvalue weighted by molar-refractivity contribution is 0.284. The third-order valence-electron chi connectivity index (χ3n) is 4.48. The van der Waals surface area contributed by atoms with Crippen LogP contribution in [0.4, 0.5) is 0 Å². The van der Waals surface area contributed by atoms with E-state index >= 15 is 0 Å². The molecule has 0 aliphatic heterocycles. The van der Waals surface area contributed by atoms with E-state index in [2.05, 4.69) is 16.2 Å². The standard InChI is InChI=1S/C24H19N3O3S/c1-16-26-24(27-30-16)20-12-22(29-15-18-6-4-3-5-7-18)21(28-2)13-23(20)31-19-10-8-17(14-25)9-11-19/h3-13H,15H2,1-2H3. The average molecular weight is 430 g/mol. The molecule has 7 heteroatoms. The van der Waals surface area contributed by atoms with E-state index in [-0.39, 0.29) is 0 Å². The van der Waals surface area contributed by atoms with Crippen LogP contribution in [0.2, 0.25) is 0 Å². The van der Waals surface area contributed by atoms with E-state index in [1.54, 1.807) is 26.2 Å². The van der Waals surface area contributed by atoms with Gasteiger partial charge >= 0.3 is 0 Å². The van der Waals surface area contributed by atoms with Gasteiger partial charge in [0.15, 0.2) is 11.5 Å². The topological polar surface area (TPSA) is 81.2 Å². The quantitative estimate of drug-likeness (QED) is 0.375. The molecule has 0 radical (unpaired) electrons. The molecule has 0 saturated carbocycles. The first-order chi connectivity index (χ1) is 15.2. The monoisotopic (exact) mass is 429 g/mol. The van der Waals surface area contributed by atoms with E-state index in [0.717, 1.165) is 20.9 Å². The van der Waals surface area contributed by atoms with Gasteiger partial charge in [0.2, 0.25) is 11.7 Å². The number of aryl methyl sites for hydroxylation is 1. The van der Waals surface area contributed by atoms with Crippen molar-refractivity contribution in [2.45, 2.75) is 23.3 Å². The summed E-state index contributed by atoms with van der Waals surface area (Å²) in [5.41, 5.74) is 2.44. The average Bonchev–Trinajstić information content (AvgIpc) is 3.25. The first-order valence-corrected chi connectivity index (χ1v) is 10.4. The van der Waals surface area contributed by atoms with Gasteiger partial charge in [0.1, 0.15) is 6.61 Å². The van der Waals surface area contributed by atoms with Crippen LogP contribution in [0.25, 0.3) is 11.4 Å². The van der Waals surface area contributed by atoms with Crippen LogP contribution in [0.15, 0.2) is 81.0 Å². The maximum Gasteiger partial charge on any atom is 0.223 e. The molecule has 1 heterocycles. The fraction of sp³-hybridized carbons (Fsp3) is 0.125. The summed E-state index contributed by atoms with van der Waals surface area (Å²) in [7, 11) is 1.61. The molecule has 4 rings (SSSR count). The summed E-state index contributed by atoms with van der Waals surface area (Å²) in [6.07, 6.45) is 0. The van der Waals surface area contributed by atoms with Crippen LogP contribution in [0.1, 0.15) is 17.0 Å². The van der Waals surface area contributed by atoms with Crippen LogP contribution in [0, 0.1) is 18.3 Å². The Bertz CT molecular complexity index is 1220. The molecular formula is C24H19N3O3S. The number of nitriles is 1. The highest BCUT2D eigenvalue weighted by molar-refractivity contribution is 7.99. The zero-order valence-electron chi connectivity index (χ0n) is 17.0. The van der Waals surface area contributed by atoms with Crippen molar-refractivity contribution in [3.63, 3.8) is 0 Å². The highest BCUT2D eigenvalue weighted by Crippen LogP contribution is 2.42. The van der Waals surface area contributed by atoms with Crippen molar-refractivity contribution in [1.82, 2.24) is 10.1 Å². The van der Waals surface area contributed by atoms with E-state index < -0.39 is 0 Å². The normalized spacial score (nSPS) is 10.5. The predicted octanol–water partition coefficient (Wildman–Crippen LogP) is 5.66. The van der Waals surface area contributed by atoms with E-state index in [4.69, 9.17) is 19.3 Å². The SMILES string of the molecule is COc1cc(Sc2ccc(C#N)cc2)c(-c2noc(C)n2)cc1OCc1ccccc1. The summed E-state index contributed by atoms with van der Waals surface area (Å²) in [6, 6.07) is 23.2. The third kappa shape index (κ3) is 4.87. The summed E-state index contributed by atoms with van der Waals surface area (Å²) in [4.78, 5) is 6.25. The number of benzene rings is 3. The third-order valence-corrected chi connectivity index (χ3v) is 5.55. The van der Waals surface area contributed by atoms with E-state index in [0.29, 0.717) is 35.4 Å². The summed E-state index contributed by atoms with van der Waals surface area (Å²) < 4.78 is 16.9. The maximum absolute atomic E-state index is 9.03. The number of nitrogens with zero attached hydrogens (tertiary/aromatic N) is 3. The van der Waals surface area contributed by atoms with Crippen molar-refractivity contribution in [2.75, 3.05) is 7.11 Å². The second-order valence-electron chi connectivity index (χ2n) is 6.65. The Hall–Kier alpha value is -3.76. The fourth-order valence-electron chi connectivity index (χ4n) is 2.94. The summed E-state index contributed by atoms with van der Waals surface area (Å²) in [5, 5.41) is 13.1. The van der Waals surface area contributed by atoms with Crippen molar-refractivity contribution < 1.29 is 14.0 Å². The maximum atomic E-state index is 9.03. The van der Waals surface area contributed by atoms with Crippen molar-refractivity contribution >= 4 is 11.8 Å². The second-order valence-corrected chi connectivity index (χ2v) is 7.76. The van der Waals surface area contributed by atoms with Crippen molar-refractivity contribution in [2.24, 2.45) is 0 Å². The molecule has 0 spiro atoms. The molecule has 4 aromatic rings. The number of methoxy groups -OCH3 is 1. The molecule has 3 aromatic carbocycles. The zero-order chi connectivity index (χ0) is 21.6. The van der Waals surface area contributed by atoms with E-state index in [1.165, 1.54) is 11.8 Å². The number of hydrogen-bond acceptors (Lipinski definition) is 7. The Balaban J connectivity index is 1.71. The largest absolute Gasteiger partial charge is 0.493 e. The molecular weight excluding hydrogens is 410 g/mol. The molecule has 6 nitrogen and oxygen atoms in total. The van der Waals surface area contributed by atoms with Gasteiger partial charge in [-0.15, -0.1) is 0 Å². The van der Waals surface area contributed by atoms with Gasteiger partial charge in [-0.3, -0.25) is 0 Å². The Morgan fingerprint density at radius 2 is 1.81 bits per heavy atom. The van der Waals surface area contributed by atoms with Gasteiger partial charge < -0.3 is 14.0 Å². The smallest absolute Gasteiger partial charge is 0.223 e. The fourth-order valence-corrected chi connectivity index (χ4v) is 3.89. The Morgan fingerprint density at radius 1 is 1.03 bits per heavy atom. The van der Waals surface area contributed by atoms with Crippen LogP contribution in [-0.2, 0) is 6.61 Å². The van der Waals surface area contributed by atoms with Crippen LogP contribution >= 0.6 is 11.8 Å². The highest BCUT2D eigenvalue weighted by Gasteiger charge is 2.18. The molecule has 0 aliphatic rings. The number of aromatic nitrogens is 2. The lowest BCUT2D eigenvalue weighted by Gasteiger charge is -2.15. The number of ether oxygens (including phenoxy) is 2. The van der Waals surface area contributed by atoms with Crippen LogP contribution in [-0.4, -0.2) is 17.3 Å². The van der Waals surface area contributed by atoms with Crippen molar-refractivity contribution in [1.29, 1.82) is 5.26 Å².